The third-order valence-electron chi connectivity index (χ3n) is 5.88. The first-order valence-corrected chi connectivity index (χ1v) is 11.4. The Balaban J connectivity index is 1.75. The Morgan fingerprint density at radius 1 is 1.03 bits per heavy atom. The first-order valence-electron chi connectivity index (χ1n) is 11.4. The van der Waals surface area contributed by atoms with Crippen molar-refractivity contribution in [2.45, 2.75) is 64.2 Å². The lowest BCUT2D eigenvalue weighted by Gasteiger charge is -2.46. The van der Waals surface area contributed by atoms with Gasteiger partial charge in [0.15, 0.2) is 0 Å². The van der Waals surface area contributed by atoms with E-state index in [0.29, 0.717) is 12.4 Å². The van der Waals surface area contributed by atoms with Gasteiger partial charge in [0.1, 0.15) is 12.1 Å². The van der Waals surface area contributed by atoms with Crippen LogP contribution in [0, 0.1) is 10.1 Å². The minimum atomic E-state index is -0.407. The van der Waals surface area contributed by atoms with Gasteiger partial charge in [0.2, 0.25) is 11.6 Å². The Hall–Kier alpha value is -3.59. The molecule has 2 aromatic heterocycles. The van der Waals surface area contributed by atoms with Crippen molar-refractivity contribution in [2.24, 2.45) is 0 Å². The van der Waals surface area contributed by atoms with Gasteiger partial charge in [-0.15, -0.1) is 0 Å². The van der Waals surface area contributed by atoms with E-state index in [2.05, 4.69) is 53.3 Å². The monoisotopic (exact) mass is 461 g/mol. The van der Waals surface area contributed by atoms with Crippen LogP contribution in [0.4, 0.5) is 23.1 Å². The summed E-state index contributed by atoms with van der Waals surface area (Å²) >= 11 is 0. The molecule has 9 heteroatoms. The van der Waals surface area contributed by atoms with Crippen LogP contribution in [0.3, 0.4) is 0 Å². The van der Waals surface area contributed by atoms with Crippen LogP contribution in [0.15, 0.2) is 61.1 Å². The third-order valence-corrected chi connectivity index (χ3v) is 5.88. The van der Waals surface area contributed by atoms with Crippen LogP contribution in [0.2, 0.25) is 0 Å². The molecule has 0 bridgehead atoms. The molecule has 34 heavy (non-hydrogen) atoms. The summed E-state index contributed by atoms with van der Waals surface area (Å²) in [5.41, 5.74) is 0.602. The standard InChI is InChI=1S/C25H31N7O2/c1-24(2)14-19(15-25(3,4)30-24)29-22-21(32(33)34)23(28-17-27-22)31(20-12-8-9-13-26-20)16-18-10-6-5-7-11-18/h5-13,17,19,30H,14-16H2,1-4H3,(H,27,28,29). The summed E-state index contributed by atoms with van der Waals surface area (Å²) in [5.74, 6) is 1.00. The van der Waals surface area contributed by atoms with Crippen molar-refractivity contribution >= 4 is 23.1 Å². The molecule has 178 valence electrons. The molecule has 1 fully saturated rings. The molecule has 3 aromatic rings. The minimum absolute atomic E-state index is 0.0186. The highest BCUT2D eigenvalue weighted by Gasteiger charge is 2.39. The molecule has 0 atom stereocenters. The van der Waals surface area contributed by atoms with Gasteiger partial charge in [-0.1, -0.05) is 36.4 Å². The summed E-state index contributed by atoms with van der Waals surface area (Å²) in [6.45, 7) is 8.95. The van der Waals surface area contributed by atoms with Crippen LogP contribution in [0.25, 0.3) is 0 Å². The first kappa shape index (κ1) is 23.6. The fourth-order valence-electron chi connectivity index (χ4n) is 5.00. The van der Waals surface area contributed by atoms with Gasteiger partial charge in [-0.3, -0.25) is 10.1 Å². The number of piperidine rings is 1. The largest absolute Gasteiger partial charge is 0.361 e. The quantitative estimate of drug-likeness (QED) is 0.380. The van der Waals surface area contributed by atoms with Crippen LogP contribution in [0.1, 0.15) is 46.1 Å². The maximum atomic E-state index is 12.4. The molecule has 0 amide bonds. The van der Waals surface area contributed by atoms with Crippen molar-refractivity contribution in [2.75, 3.05) is 10.2 Å². The topological polar surface area (TPSA) is 109 Å². The normalized spacial score (nSPS) is 17.2. The molecule has 0 unspecified atom stereocenters. The van der Waals surface area contributed by atoms with E-state index in [1.807, 2.05) is 48.5 Å². The molecular weight excluding hydrogens is 430 g/mol. The summed E-state index contributed by atoms with van der Waals surface area (Å²) in [4.78, 5) is 26.8. The molecule has 0 aliphatic carbocycles. The third kappa shape index (κ3) is 5.48. The molecule has 1 aliphatic rings. The zero-order valence-electron chi connectivity index (χ0n) is 20.0. The van der Waals surface area contributed by atoms with Crippen LogP contribution < -0.4 is 15.5 Å². The van der Waals surface area contributed by atoms with Crippen molar-refractivity contribution in [1.82, 2.24) is 20.3 Å². The minimum Gasteiger partial charge on any atom is -0.361 e. The van der Waals surface area contributed by atoms with Crippen molar-refractivity contribution in [3.8, 4) is 0 Å². The smallest absolute Gasteiger partial charge is 0.353 e. The van der Waals surface area contributed by atoms with Gasteiger partial charge in [0.05, 0.1) is 11.5 Å². The average Bonchev–Trinajstić information content (AvgIpc) is 2.76. The number of benzene rings is 1. The number of rotatable bonds is 7. The number of nitrogens with zero attached hydrogens (tertiary/aromatic N) is 5. The summed E-state index contributed by atoms with van der Waals surface area (Å²) in [5, 5.41) is 19.4. The molecule has 4 rings (SSSR count). The fraction of sp³-hybridized carbons (Fsp3) is 0.400. The Morgan fingerprint density at radius 3 is 2.32 bits per heavy atom. The van der Waals surface area contributed by atoms with Gasteiger partial charge in [0.25, 0.3) is 0 Å². The number of anilines is 3. The highest BCUT2D eigenvalue weighted by Crippen LogP contribution is 2.38. The van der Waals surface area contributed by atoms with Gasteiger partial charge in [-0.2, -0.15) is 0 Å². The predicted molar refractivity (Wildman–Crippen MR) is 133 cm³/mol. The number of aromatic nitrogens is 3. The van der Waals surface area contributed by atoms with Crippen LogP contribution in [-0.2, 0) is 6.54 Å². The number of hydrogen-bond acceptors (Lipinski definition) is 8. The van der Waals surface area contributed by atoms with Gasteiger partial charge in [0, 0.05) is 23.3 Å². The molecule has 2 N–H and O–H groups in total. The molecule has 1 aliphatic heterocycles. The molecular formula is C25H31N7O2. The lowest BCUT2D eigenvalue weighted by atomic mass is 9.79. The zero-order valence-corrected chi connectivity index (χ0v) is 20.0. The Bertz CT molecular complexity index is 1120. The maximum absolute atomic E-state index is 12.4. The van der Waals surface area contributed by atoms with Gasteiger partial charge in [-0.05, 0) is 58.2 Å². The second kappa shape index (κ2) is 9.34. The van der Waals surface area contributed by atoms with E-state index in [-0.39, 0.29) is 34.4 Å². The molecule has 1 aromatic carbocycles. The number of nitro groups is 1. The van der Waals surface area contributed by atoms with Crippen LogP contribution >= 0.6 is 0 Å². The molecule has 1 saturated heterocycles. The van der Waals surface area contributed by atoms with E-state index in [0.717, 1.165) is 18.4 Å². The van der Waals surface area contributed by atoms with Crippen LogP contribution in [-0.4, -0.2) is 37.0 Å². The predicted octanol–water partition coefficient (Wildman–Crippen LogP) is 4.84. The lowest BCUT2D eigenvalue weighted by molar-refractivity contribution is -0.383. The Morgan fingerprint density at radius 2 is 1.71 bits per heavy atom. The van der Waals surface area contributed by atoms with E-state index in [9.17, 15) is 10.1 Å². The molecule has 3 heterocycles. The van der Waals surface area contributed by atoms with Gasteiger partial charge < -0.3 is 15.5 Å². The van der Waals surface area contributed by atoms with E-state index in [4.69, 9.17) is 0 Å². The Kier molecular flexibility index (Phi) is 6.47. The number of nitrogens with one attached hydrogen (secondary N) is 2. The summed E-state index contributed by atoms with van der Waals surface area (Å²) < 4.78 is 0. The van der Waals surface area contributed by atoms with Crippen molar-refractivity contribution < 1.29 is 4.92 Å². The number of hydrogen-bond donors (Lipinski definition) is 2. The molecule has 0 radical (unpaired) electrons. The van der Waals surface area contributed by atoms with E-state index in [1.54, 1.807) is 11.1 Å². The lowest BCUT2D eigenvalue weighted by Crippen LogP contribution is -2.60. The molecule has 0 spiro atoms. The van der Waals surface area contributed by atoms with E-state index in [1.165, 1.54) is 6.33 Å². The second-order valence-corrected chi connectivity index (χ2v) is 10.1. The van der Waals surface area contributed by atoms with Gasteiger partial charge >= 0.3 is 5.69 Å². The summed E-state index contributed by atoms with van der Waals surface area (Å²) in [6, 6.07) is 15.3. The second-order valence-electron chi connectivity index (χ2n) is 10.1. The molecule has 9 nitrogen and oxygen atoms in total. The highest BCUT2D eigenvalue weighted by molar-refractivity contribution is 5.74. The molecule has 0 saturated carbocycles. The number of pyridine rings is 1. The highest BCUT2D eigenvalue weighted by atomic mass is 16.6. The van der Waals surface area contributed by atoms with E-state index < -0.39 is 4.92 Å². The summed E-state index contributed by atoms with van der Waals surface area (Å²) in [6.07, 6.45) is 4.66. The van der Waals surface area contributed by atoms with Crippen molar-refractivity contribution in [1.29, 1.82) is 0 Å². The summed E-state index contributed by atoms with van der Waals surface area (Å²) in [7, 11) is 0. The SMILES string of the molecule is CC1(C)CC(Nc2ncnc(N(Cc3ccccc3)c3ccccn3)c2[N+](=O)[O-])CC(C)(C)N1. The van der Waals surface area contributed by atoms with Crippen LogP contribution in [0.5, 0.6) is 0 Å². The Labute approximate surface area is 199 Å². The first-order chi connectivity index (χ1) is 16.1. The van der Waals surface area contributed by atoms with Gasteiger partial charge in [-0.25, -0.2) is 15.0 Å². The van der Waals surface area contributed by atoms with Crippen molar-refractivity contribution in [3.63, 3.8) is 0 Å². The zero-order chi connectivity index (χ0) is 24.3. The maximum Gasteiger partial charge on any atom is 0.353 e. The van der Waals surface area contributed by atoms with E-state index >= 15 is 0 Å². The van der Waals surface area contributed by atoms with Crippen molar-refractivity contribution in [3.05, 3.63) is 76.7 Å². The average molecular weight is 462 g/mol. The fourth-order valence-corrected chi connectivity index (χ4v) is 5.00.